The van der Waals surface area contributed by atoms with Crippen molar-refractivity contribution in [1.82, 2.24) is 5.32 Å². The molecule has 3 rings (SSSR count). The molecule has 0 bridgehead atoms. The maximum Gasteiger partial charge on any atom is 0.121 e. The van der Waals surface area contributed by atoms with E-state index < -0.39 is 0 Å². The molecule has 2 fully saturated rings. The van der Waals surface area contributed by atoms with Crippen LogP contribution in [0.3, 0.4) is 0 Å². The van der Waals surface area contributed by atoms with Crippen LogP contribution in [0.15, 0.2) is 16.5 Å². The summed E-state index contributed by atoms with van der Waals surface area (Å²) in [4.78, 5) is 0. The predicted molar refractivity (Wildman–Crippen MR) is 68.8 cm³/mol. The van der Waals surface area contributed by atoms with E-state index in [1.54, 1.807) is 0 Å². The first kappa shape index (κ1) is 11.3. The van der Waals surface area contributed by atoms with Gasteiger partial charge in [0.1, 0.15) is 11.5 Å². The monoisotopic (exact) mass is 233 g/mol. The Bertz CT molecular complexity index is 374. The quantitative estimate of drug-likeness (QED) is 0.841. The van der Waals surface area contributed by atoms with E-state index in [1.165, 1.54) is 19.3 Å². The minimum atomic E-state index is 0.452. The maximum atomic E-state index is 5.95. The van der Waals surface area contributed by atoms with E-state index in [0.717, 1.165) is 42.2 Å². The fourth-order valence-corrected chi connectivity index (χ4v) is 3.50. The Kier molecular flexibility index (Phi) is 2.99. The van der Waals surface area contributed by atoms with Crippen LogP contribution in [0.4, 0.5) is 0 Å². The fraction of sp³-hybridized carbons (Fsp3) is 0.733. The molecule has 0 saturated heterocycles. The van der Waals surface area contributed by atoms with E-state index in [-0.39, 0.29) is 0 Å². The highest BCUT2D eigenvalue weighted by molar-refractivity contribution is 5.14. The van der Waals surface area contributed by atoms with Gasteiger partial charge in [-0.1, -0.05) is 13.8 Å². The molecule has 17 heavy (non-hydrogen) atoms. The first-order valence-corrected chi connectivity index (χ1v) is 7.13. The molecule has 0 amide bonds. The fourth-order valence-electron chi connectivity index (χ4n) is 3.50. The SMILES string of the molecule is CCNC(c1ccc(CC)o1)C1CC2CC2C1. The molecule has 0 radical (unpaired) electrons. The summed E-state index contributed by atoms with van der Waals surface area (Å²) in [6.45, 7) is 5.36. The number of nitrogens with one attached hydrogen (secondary N) is 1. The third-order valence-corrected chi connectivity index (χ3v) is 4.51. The van der Waals surface area contributed by atoms with E-state index in [1.807, 2.05) is 0 Å². The highest BCUT2D eigenvalue weighted by Crippen LogP contribution is 2.57. The normalized spacial score (nSPS) is 32.5. The largest absolute Gasteiger partial charge is 0.464 e. The molecule has 2 saturated carbocycles. The van der Waals surface area contributed by atoms with Crippen molar-refractivity contribution >= 4 is 0 Å². The minimum absolute atomic E-state index is 0.452. The van der Waals surface area contributed by atoms with Crippen LogP contribution in [0.5, 0.6) is 0 Å². The van der Waals surface area contributed by atoms with Crippen LogP contribution in [0.25, 0.3) is 0 Å². The van der Waals surface area contributed by atoms with Crippen molar-refractivity contribution in [2.75, 3.05) is 6.54 Å². The molecule has 94 valence electrons. The topological polar surface area (TPSA) is 25.2 Å². The Labute approximate surface area is 104 Å². The molecule has 1 heterocycles. The van der Waals surface area contributed by atoms with Gasteiger partial charge in [0.15, 0.2) is 0 Å². The van der Waals surface area contributed by atoms with Gasteiger partial charge in [-0.2, -0.15) is 0 Å². The third-order valence-electron chi connectivity index (χ3n) is 4.51. The lowest BCUT2D eigenvalue weighted by Crippen LogP contribution is -2.27. The molecule has 2 aliphatic carbocycles. The van der Waals surface area contributed by atoms with Crippen molar-refractivity contribution in [3.8, 4) is 0 Å². The lowest BCUT2D eigenvalue weighted by Gasteiger charge is -2.23. The Morgan fingerprint density at radius 2 is 2.00 bits per heavy atom. The molecular formula is C15H23NO. The Balaban J connectivity index is 1.74. The van der Waals surface area contributed by atoms with Crippen molar-refractivity contribution in [3.05, 3.63) is 23.7 Å². The van der Waals surface area contributed by atoms with Crippen LogP contribution in [0.2, 0.25) is 0 Å². The first-order valence-electron chi connectivity index (χ1n) is 7.13. The van der Waals surface area contributed by atoms with E-state index in [2.05, 4.69) is 31.3 Å². The van der Waals surface area contributed by atoms with Crippen molar-refractivity contribution in [1.29, 1.82) is 0 Å². The second kappa shape index (κ2) is 4.49. The zero-order valence-corrected chi connectivity index (χ0v) is 10.9. The summed E-state index contributed by atoms with van der Waals surface area (Å²) < 4.78 is 5.95. The molecular weight excluding hydrogens is 210 g/mol. The second-order valence-electron chi connectivity index (χ2n) is 5.68. The lowest BCUT2D eigenvalue weighted by molar-refractivity contribution is 0.293. The second-order valence-corrected chi connectivity index (χ2v) is 5.68. The van der Waals surface area contributed by atoms with Gasteiger partial charge in [0.2, 0.25) is 0 Å². The van der Waals surface area contributed by atoms with E-state index in [0.29, 0.717) is 6.04 Å². The van der Waals surface area contributed by atoms with Crippen molar-refractivity contribution < 1.29 is 4.42 Å². The van der Waals surface area contributed by atoms with Crippen molar-refractivity contribution in [3.63, 3.8) is 0 Å². The summed E-state index contributed by atoms with van der Waals surface area (Å²) in [5, 5.41) is 3.63. The summed E-state index contributed by atoms with van der Waals surface area (Å²) in [6.07, 6.45) is 5.30. The first-order chi connectivity index (χ1) is 8.31. The highest BCUT2D eigenvalue weighted by atomic mass is 16.3. The number of fused-ring (bicyclic) bond motifs is 1. The van der Waals surface area contributed by atoms with Crippen LogP contribution in [0.1, 0.15) is 50.7 Å². The maximum absolute atomic E-state index is 5.95. The van der Waals surface area contributed by atoms with Gasteiger partial charge >= 0.3 is 0 Å². The number of hydrogen-bond donors (Lipinski definition) is 1. The van der Waals surface area contributed by atoms with Gasteiger partial charge in [-0.15, -0.1) is 0 Å². The molecule has 1 N–H and O–H groups in total. The Hall–Kier alpha value is -0.760. The third kappa shape index (κ3) is 2.15. The smallest absolute Gasteiger partial charge is 0.121 e. The average Bonchev–Trinajstić information content (AvgIpc) is 2.82. The lowest BCUT2D eigenvalue weighted by atomic mass is 9.92. The molecule has 0 aromatic carbocycles. The summed E-state index contributed by atoms with van der Waals surface area (Å²) in [5.41, 5.74) is 0. The van der Waals surface area contributed by atoms with Crippen LogP contribution < -0.4 is 5.32 Å². The number of aryl methyl sites for hydroxylation is 1. The molecule has 2 nitrogen and oxygen atoms in total. The van der Waals surface area contributed by atoms with Crippen LogP contribution in [-0.2, 0) is 6.42 Å². The van der Waals surface area contributed by atoms with Crippen LogP contribution in [0, 0.1) is 17.8 Å². The van der Waals surface area contributed by atoms with Crippen molar-refractivity contribution in [2.45, 2.75) is 45.6 Å². The van der Waals surface area contributed by atoms with E-state index in [9.17, 15) is 0 Å². The molecule has 1 aromatic heterocycles. The Morgan fingerprint density at radius 1 is 1.24 bits per heavy atom. The van der Waals surface area contributed by atoms with Gasteiger partial charge in [0, 0.05) is 6.42 Å². The minimum Gasteiger partial charge on any atom is -0.464 e. The molecule has 3 unspecified atom stereocenters. The zero-order chi connectivity index (χ0) is 11.8. The van der Waals surface area contributed by atoms with Crippen molar-refractivity contribution in [2.24, 2.45) is 17.8 Å². The van der Waals surface area contributed by atoms with Gasteiger partial charge in [0.05, 0.1) is 6.04 Å². The summed E-state index contributed by atoms with van der Waals surface area (Å²) in [7, 11) is 0. The molecule has 1 aromatic rings. The standard InChI is InChI=1S/C15H23NO/c1-3-13-5-6-14(17-13)15(16-4-2)12-8-10-7-11(10)9-12/h5-6,10-12,15-16H,3-4,7-9H2,1-2H3. The summed E-state index contributed by atoms with van der Waals surface area (Å²) in [5.74, 6) is 5.17. The van der Waals surface area contributed by atoms with Crippen LogP contribution >= 0.6 is 0 Å². The Morgan fingerprint density at radius 3 is 2.59 bits per heavy atom. The van der Waals surface area contributed by atoms with E-state index >= 15 is 0 Å². The number of furan rings is 1. The van der Waals surface area contributed by atoms with Gasteiger partial charge in [-0.25, -0.2) is 0 Å². The van der Waals surface area contributed by atoms with Gasteiger partial charge in [-0.05, 0) is 55.7 Å². The number of hydrogen-bond acceptors (Lipinski definition) is 2. The molecule has 3 atom stereocenters. The summed E-state index contributed by atoms with van der Waals surface area (Å²) in [6, 6.07) is 4.76. The van der Waals surface area contributed by atoms with Crippen LogP contribution in [-0.4, -0.2) is 6.54 Å². The average molecular weight is 233 g/mol. The zero-order valence-electron chi connectivity index (χ0n) is 10.9. The predicted octanol–water partition coefficient (Wildman–Crippen LogP) is 3.54. The summed E-state index contributed by atoms with van der Waals surface area (Å²) >= 11 is 0. The van der Waals surface area contributed by atoms with Gasteiger partial charge in [0.25, 0.3) is 0 Å². The van der Waals surface area contributed by atoms with Gasteiger partial charge in [-0.3, -0.25) is 0 Å². The molecule has 0 spiro atoms. The molecule has 0 aliphatic heterocycles. The highest BCUT2D eigenvalue weighted by Gasteiger charge is 2.48. The molecule has 2 aliphatic rings. The molecule has 2 heteroatoms. The van der Waals surface area contributed by atoms with E-state index in [4.69, 9.17) is 4.42 Å². The van der Waals surface area contributed by atoms with Gasteiger partial charge < -0.3 is 9.73 Å². The number of rotatable bonds is 5.